The van der Waals surface area contributed by atoms with E-state index in [2.05, 4.69) is 54.0 Å². The SMILES string of the molecule is C=CN(C=N)c1nc(C2CC(O)CN2CCN(C)Cc2ccc3c(c2)OCCO3)c(C)n1CC. The van der Waals surface area contributed by atoms with Crippen LogP contribution in [0.2, 0.25) is 0 Å². The molecule has 2 N–H and O–H groups in total. The third-order valence-corrected chi connectivity index (χ3v) is 6.65. The second-order valence-corrected chi connectivity index (χ2v) is 8.96. The molecule has 2 aliphatic heterocycles. The summed E-state index contributed by atoms with van der Waals surface area (Å²) < 4.78 is 13.4. The van der Waals surface area contributed by atoms with Crippen LogP contribution < -0.4 is 14.4 Å². The van der Waals surface area contributed by atoms with E-state index in [1.165, 1.54) is 11.9 Å². The number of aromatic nitrogens is 2. The summed E-state index contributed by atoms with van der Waals surface area (Å²) in [7, 11) is 2.11. The number of imidazole rings is 1. The fraction of sp³-hybridized carbons (Fsp3) is 0.520. The quantitative estimate of drug-likeness (QED) is 0.409. The van der Waals surface area contributed by atoms with E-state index < -0.39 is 0 Å². The van der Waals surface area contributed by atoms with Crippen LogP contribution in [0.3, 0.4) is 0 Å². The molecule has 34 heavy (non-hydrogen) atoms. The van der Waals surface area contributed by atoms with Crippen molar-refractivity contribution in [1.29, 1.82) is 5.41 Å². The normalized spacial score (nSPS) is 20.0. The molecule has 3 heterocycles. The third kappa shape index (κ3) is 4.96. The Balaban J connectivity index is 1.44. The van der Waals surface area contributed by atoms with Crippen molar-refractivity contribution in [3.8, 4) is 11.5 Å². The van der Waals surface area contributed by atoms with E-state index in [4.69, 9.17) is 19.9 Å². The lowest BCUT2D eigenvalue weighted by Crippen LogP contribution is -2.34. The zero-order valence-electron chi connectivity index (χ0n) is 20.4. The smallest absolute Gasteiger partial charge is 0.215 e. The first kappa shape index (κ1) is 24.3. The molecule has 0 amide bonds. The van der Waals surface area contributed by atoms with Crippen LogP contribution in [0.4, 0.5) is 5.95 Å². The molecule has 2 unspecified atom stereocenters. The number of fused-ring (bicyclic) bond motifs is 1. The molecule has 1 aromatic heterocycles. The number of likely N-dealkylation sites (tertiary alicyclic amines) is 1. The molecule has 0 spiro atoms. The number of ether oxygens (including phenoxy) is 2. The van der Waals surface area contributed by atoms with Crippen molar-refractivity contribution in [2.45, 2.75) is 45.5 Å². The Bertz CT molecular complexity index is 1010. The zero-order chi connectivity index (χ0) is 24.2. The van der Waals surface area contributed by atoms with Crippen LogP contribution in [0.25, 0.3) is 0 Å². The largest absolute Gasteiger partial charge is 0.486 e. The number of nitrogens with zero attached hydrogens (tertiary/aromatic N) is 5. The highest BCUT2D eigenvalue weighted by atomic mass is 16.6. The van der Waals surface area contributed by atoms with E-state index in [1.54, 1.807) is 11.1 Å². The molecule has 1 fully saturated rings. The summed E-state index contributed by atoms with van der Waals surface area (Å²) in [5, 5.41) is 18.2. The zero-order valence-corrected chi connectivity index (χ0v) is 20.4. The number of anilines is 1. The van der Waals surface area contributed by atoms with Gasteiger partial charge in [-0.3, -0.25) is 15.2 Å². The number of hydrogen-bond acceptors (Lipinski definition) is 7. The van der Waals surface area contributed by atoms with E-state index in [1.807, 2.05) is 6.07 Å². The average molecular weight is 469 g/mol. The van der Waals surface area contributed by atoms with Gasteiger partial charge in [0.25, 0.3) is 0 Å². The van der Waals surface area contributed by atoms with Crippen molar-refractivity contribution in [1.82, 2.24) is 19.4 Å². The molecule has 9 heteroatoms. The number of rotatable bonds is 10. The van der Waals surface area contributed by atoms with Gasteiger partial charge in [-0.25, -0.2) is 4.98 Å². The summed E-state index contributed by atoms with van der Waals surface area (Å²) in [6.45, 7) is 13.0. The first-order valence-corrected chi connectivity index (χ1v) is 11.9. The highest BCUT2D eigenvalue weighted by Crippen LogP contribution is 2.35. The van der Waals surface area contributed by atoms with Gasteiger partial charge in [-0.15, -0.1) is 0 Å². The molecule has 1 saturated heterocycles. The molecule has 2 atom stereocenters. The lowest BCUT2D eigenvalue weighted by atomic mass is 10.1. The fourth-order valence-corrected chi connectivity index (χ4v) is 4.91. The fourth-order valence-electron chi connectivity index (χ4n) is 4.91. The lowest BCUT2D eigenvalue weighted by molar-refractivity contribution is 0.165. The Morgan fingerprint density at radius 2 is 2.06 bits per heavy atom. The molecular formula is C25H36N6O3. The van der Waals surface area contributed by atoms with Crippen LogP contribution >= 0.6 is 0 Å². The number of aliphatic hydroxyl groups is 1. The van der Waals surface area contributed by atoms with Gasteiger partial charge in [0.05, 0.1) is 24.2 Å². The van der Waals surface area contributed by atoms with Crippen molar-refractivity contribution < 1.29 is 14.6 Å². The number of hydrogen-bond donors (Lipinski definition) is 2. The average Bonchev–Trinajstić information content (AvgIpc) is 3.37. The molecule has 0 saturated carbocycles. The van der Waals surface area contributed by atoms with Crippen LogP contribution in [0.15, 0.2) is 31.0 Å². The first-order valence-electron chi connectivity index (χ1n) is 11.9. The van der Waals surface area contributed by atoms with Gasteiger partial charge in [-0.05, 0) is 45.0 Å². The Morgan fingerprint density at radius 1 is 1.29 bits per heavy atom. The van der Waals surface area contributed by atoms with Gasteiger partial charge in [0.15, 0.2) is 11.5 Å². The van der Waals surface area contributed by atoms with E-state index in [0.29, 0.717) is 32.1 Å². The number of benzene rings is 1. The van der Waals surface area contributed by atoms with E-state index in [0.717, 1.165) is 49.1 Å². The highest BCUT2D eigenvalue weighted by molar-refractivity contribution is 5.76. The molecule has 4 rings (SSSR count). The van der Waals surface area contributed by atoms with Crippen molar-refractivity contribution in [2.75, 3.05) is 44.8 Å². The second kappa shape index (κ2) is 10.6. The van der Waals surface area contributed by atoms with Crippen LogP contribution in [-0.4, -0.2) is 76.8 Å². The molecule has 0 bridgehead atoms. The summed E-state index contributed by atoms with van der Waals surface area (Å²) >= 11 is 0. The van der Waals surface area contributed by atoms with Crippen molar-refractivity contribution >= 4 is 12.3 Å². The maximum absolute atomic E-state index is 10.5. The molecule has 1 aromatic carbocycles. The van der Waals surface area contributed by atoms with E-state index >= 15 is 0 Å². The van der Waals surface area contributed by atoms with Gasteiger partial charge in [0.1, 0.15) is 13.2 Å². The predicted octanol–water partition coefficient (Wildman–Crippen LogP) is 2.78. The standard InChI is InChI=1S/C25H36N6O3/c1-5-29(17-26)25-27-24(18(3)31(25)6-2)21-14-20(32)16-30(21)10-9-28(4)15-19-7-8-22-23(13-19)34-12-11-33-22/h5,7-8,13,17,20-21,26,32H,1,6,9-12,14-16H2,2-4H3. The molecule has 184 valence electrons. The first-order chi connectivity index (χ1) is 16.4. The number of nitrogens with one attached hydrogen (secondary N) is 1. The Hall–Kier alpha value is -2.88. The Morgan fingerprint density at radius 3 is 2.76 bits per heavy atom. The topological polar surface area (TPSA) is 90.1 Å². The Labute approximate surface area is 201 Å². The summed E-state index contributed by atoms with van der Waals surface area (Å²) in [6, 6.07) is 6.17. The van der Waals surface area contributed by atoms with E-state index in [-0.39, 0.29) is 12.1 Å². The Kier molecular flexibility index (Phi) is 7.55. The van der Waals surface area contributed by atoms with E-state index in [9.17, 15) is 5.11 Å². The molecule has 2 aliphatic rings. The summed E-state index contributed by atoms with van der Waals surface area (Å²) in [6.07, 6.45) is 3.10. The maximum atomic E-state index is 10.5. The number of aliphatic hydroxyl groups excluding tert-OH is 1. The minimum Gasteiger partial charge on any atom is -0.486 e. The van der Waals surface area contributed by atoms with Crippen LogP contribution in [0.5, 0.6) is 11.5 Å². The van der Waals surface area contributed by atoms with Gasteiger partial charge in [-0.1, -0.05) is 12.6 Å². The maximum Gasteiger partial charge on any atom is 0.215 e. The minimum atomic E-state index is -0.374. The van der Waals surface area contributed by atoms with Gasteiger partial charge < -0.3 is 24.0 Å². The molecular weight excluding hydrogens is 432 g/mol. The van der Waals surface area contributed by atoms with Crippen LogP contribution in [-0.2, 0) is 13.1 Å². The molecule has 0 radical (unpaired) electrons. The molecule has 2 aromatic rings. The van der Waals surface area contributed by atoms with Gasteiger partial charge in [0, 0.05) is 44.6 Å². The summed E-state index contributed by atoms with van der Waals surface area (Å²) in [5.74, 6) is 2.32. The summed E-state index contributed by atoms with van der Waals surface area (Å²) in [5.41, 5.74) is 3.22. The third-order valence-electron chi connectivity index (χ3n) is 6.65. The number of β-amino-alcohol motifs (C(OH)–C–C–N with tert-alkyl or cyclic N) is 1. The van der Waals surface area contributed by atoms with Crippen molar-refractivity contribution in [3.63, 3.8) is 0 Å². The van der Waals surface area contributed by atoms with Gasteiger partial charge in [0.2, 0.25) is 5.95 Å². The second-order valence-electron chi connectivity index (χ2n) is 8.96. The predicted molar refractivity (Wildman–Crippen MR) is 133 cm³/mol. The molecule has 9 nitrogen and oxygen atoms in total. The van der Waals surface area contributed by atoms with Crippen LogP contribution in [0, 0.1) is 12.3 Å². The van der Waals surface area contributed by atoms with Gasteiger partial charge in [-0.2, -0.15) is 0 Å². The van der Waals surface area contributed by atoms with Crippen molar-refractivity contribution in [3.05, 3.63) is 47.9 Å². The monoisotopic (exact) mass is 468 g/mol. The van der Waals surface area contributed by atoms with Gasteiger partial charge >= 0.3 is 0 Å². The molecule has 0 aliphatic carbocycles. The minimum absolute atomic E-state index is 0.0432. The summed E-state index contributed by atoms with van der Waals surface area (Å²) in [4.78, 5) is 11.1. The van der Waals surface area contributed by atoms with Crippen molar-refractivity contribution in [2.24, 2.45) is 0 Å². The highest BCUT2D eigenvalue weighted by Gasteiger charge is 2.35. The lowest BCUT2D eigenvalue weighted by Gasteiger charge is -2.26. The van der Waals surface area contributed by atoms with Crippen LogP contribution in [0.1, 0.15) is 36.3 Å². The number of likely N-dealkylation sites (N-methyl/N-ethyl adjacent to an activating group) is 1.